The predicted octanol–water partition coefficient (Wildman–Crippen LogP) is 0.500. The molecule has 2 aromatic heterocycles. The van der Waals surface area contributed by atoms with E-state index in [2.05, 4.69) is 27.7 Å². The summed E-state index contributed by atoms with van der Waals surface area (Å²) in [5.41, 5.74) is 0.930. The zero-order chi connectivity index (χ0) is 11.4. The summed E-state index contributed by atoms with van der Waals surface area (Å²) in [6, 6.07) is 1.90. The normalized spacial score (nSPS) is 10.9. The van der Waals surface area contributed by atoms with Crippen LogP contribution in [-0.4, -0.2) is 31.3 Å². The molecule has 0 unspecified atom stereocenters. The van der Waals surface area contributed by atoms with E-state index in [9.17, 15) is 0 Å². The monoisotopic (exact) mass is 220 g/mol. The molecule has 0 amide bonds. The van der Waals surface area contributed by atoms with Crippen LogP contribution in [0.2, 0.25) is 0 Å². The Hall–Kier alpha value is -1.69. The average molecular weight is 220 g/mol. The van der Waals surface area contributed by atoms with Gasteiger partial charge in [-0.25, -0.2) is 4.68 Å². The van der Waals surface area contributed by atoms with Crippen molar-refractivity contribution in [2.45, 2.75) is 19.9 Å². The fourth-order valence-electron chi connectivity index (χ4n) is 1.41. The number of nitrogens with one attached hydrogen (secondary N) is 1. The van der Waals surface area contributed by atoms with Crippen LogP contribution in [0.1, 0.15) is 19.0 Å². The van der Waals surface area contributed by atoms with Gasteiger partial charge in [-0.3, -0.25) is 4.68 Å². The Bertz CT molecular complexity index is 444. The van der Waals surface area contributed by atoms with Crippen molar-refractivity contribution in [3.8, 4) is 5.82 Å². The van der Waals surface area contributed by atoms with E-state index < -0.39 is 0 Å². The molecule has 0 aliphatic heterocycles. The van der Waals surface area contributed by atoms with Crippen molar-refractivity contribution in [1.29, 1.82) is 0 Å². The summed E-state index contributed by atoms with van der Waals surface area (Å²) in [4.78, 5) is 0. The van der Waals surface area contributed by atoms with Crippen LogP contribution in [0.15, 0.2) is 18.5 Å². The third kappa shape index (κ3) is 2.46. The molecule has 0 aliphatic carbocycles. The lowest BCUT2D eigenvalue weighted by Gasteiger charge is -1.97. The molecule has 6 heteroatoms. The Morgan fingerprint density at radius 1 is 1.44 bits per heavy atom. The summed E-state index contributed by atoms with van der Waals surface area (Å²) in [6.07, 6.45) is 4.89. The molecule has 0 saturated heterocycles. The molecule has 0 aromatic carbocycles. The minimum Gasteiger partial charge on any atom is -0.311 e. The van der Waals surface area contributed by atoms with Crippen molar-refractivity contribution in [3.63, 3.8) is 0 Å². The molecule has 0 radical (unpaired) electrons. The van der Waals surface area contributed by atoms with E-state index in [1.807, 2.05) is 25.5 Å². The fourth-order valence-corrected chi connectivity index (χ4v) is 1.41. The lowest BCUT2D eigenvalue weighted by Crippen LogP contribution is -2.13. The number of rotatable bonds is 5. The number of aryl methyl sites for hydroxylation is 1. The third-order valence-electron chi connectivity index (χ3n) is 2.21. The number of hydrogen-bond acceptors (Lipinski definition) is 4. The summed E-state index contributed by atoms with van der Waals surface area (Å²) in [5.74, 6) is 0.789. The molecular weight excluding hydrogens is 204 g/mol. The molecule has 0 spiro atoms. The minimum atomic E-state index is 0.751. The predicted molar refractivity (Wildman–Crippen MR) is 60.1 cm³/mol. The molecule has 86 valence electrons. The second-order valence-corrected chi connectivity index (χ2v) is 3.68. The molecule has 6 nitrogen and oxygen atoms in total. The molecule has 0 bridgehead atoms. The zero-order valence-corrected chi connectivity index (χ0v) is 9.59. The summed E-state index contributed by atoms with van der Waals surface area (Å²) in [5, 5.41) is 15.6. The SMILES string of the molecule is CCCNCc1cn(-c2ccn(C)n2)nn1. The lowest BCUT2D eigenvalue weighted by atomic mass is 10.4. The molecule has 16 heavy (non-hydrogen) atoms. The lowest BCUT2D eigenvalue weighted by molar-refractivity contribution is 0.661. The third-order valence-corrected chi connectivity index (χ3v) is 2.21. The van der Waals surface area contributed by atoms with Crippen molar-refractivity contribution in [3.05, 3.63) is 24.2 Å². The molecule has 0 fully saturated rings. The molecule has 2 heterocycles. The van der Waals surface area contributed by atoms with Crippen LogP contribution >= 0.6 is 0 Å². The Balaban J connectivity index is 2.02. The molecule has 0 aliphatic rings. The van der Waals surface area contributed by atoms with Crippen LogP contribution in [0.4, 0.5) is 0 Å². The van der Waals surface area contributed by atoms with Crippen molar-refractivity contribution < 1.29 is 0 Å². The van der Waals surface area contributed by atoms with Crippen molar-refractivity contribution in [1.82, 2.24) is 30.1 Å². The van der Waals surface area contributed by atoms with E-state index in [-0.39, 0.29) is 0 Å². The highest BCUT2D eigenvalue weighted by Crippen LogP contribution is 2.02. The maximum absolute atomic E-state index is 4.25. The average Bonchev–Trinajstić information content (AvgIpc) is 2.87. The van der Waals surface area contributed by atoms with Crippen LogP contribution in [0.25, 0.3) is 5.82 Å². The number of nitrogens with zero attached hydrogens (tertiary/aromatic N) is 5. The Kier molecular flexibility index (Phi) is 3.31. The Labute approximate surface area is 94.3 Å². The van der Waals surface area contributed by atoms with E-state index >= 15 is 0 Å². The topological polar surface area (TPSA) is 60.6 Å². The second kappa shape index (κ2) is 4.89. The second-order valence-electron chi connectivity index (χ2n) is 3.68. The standard InChI is InChI=1S/C10H16N6/c1-3-5-11-7-9-8-16(14-12-9)10-4-6-15(2)13-10/h4,6,8,11H,3,5,7H2,1-2H3. The number of hydrogen-bond donors (Lipinski definition) is 1. The van der Waals surface area contributed by atoms with E-state index in [4.69, 9.17) is 0 Å². The highest BCUT2D eigenvalue weighted by molar-refractivity contribution is 5.18. The van der Waals surface area contributed by atoms with Gasteiger partial charge in [0.1, 0.15) is 0 Å². The molecular formula is C10H16N6. The van der Waals surface area contributed by atoms with Crippen molar-refractivity contribution in [2.75, 3.05) is 6.54 Å². The maximum Gasteiger partial charge on any atom is 0.176 e. The van der Waals surface area contributed by atoms with Crippen molar-refractivity contribution >= 4 is 0 Å². The first kappa shape index (κ1) is 10.8. The summed E-state index contributed by atoms with van der Waals surface area (Å²) in [6.45, 7) is 3.88. The highest BCUT2D eigenvalue weighted by atomic mass is 15.5. The quantitative estimate of drug-likeness (QED) is 0.745. The van der Waals surface area contributed by atoms with E-state index in [0.29, 0.717) is 0 Å². The zero-order valence-electron chi connectivity index (χ0n) is 9.59. The van der Waals surface area contributed by atoms with Gasteiger partial charge in [0.25, 0.3) is 0 Å². The first-order valence-corrected chi connectivity index (χ1v) is 5.41. The van der Waals surface area contributed by atoms with Crippen LogP contribution in [-0.2, 0) is 13.6 Å². The van der Waals surface area contributed by atoms with Gasteiger partial charge in [0, 0.05) is 25.9 Å². The maximum atomic E-state index is 4.25. The van der Waals surface area contributed by atoms with Gasteiger partial charge >= 0.3 is 0 Å². The van der Waals surface area contributed by atoms with Crippen LogP contribution in [0.5, 0.6) is 0 Å². The molecule has 2 aromatic rings. The molecule has 0 saturated carbocycles. The van der Waals surface area contributed by atoms with Crippen molar-refractivity contribution in [2.24, 2.45) is 7.05 Å². The van der Waals surface area contributed by atoms with Gasteiger partial charge in [0.15, 0.2) is 5.82 Å². The first-order chi connectivity index (χ1) is 7.79. The van der Waals surface area contributed by atoms with Gasteiger partial charge in [-0.2, -0.15) is 5.10 Å². The molecule has 2 rings (SSSR count). The van der Waals surface area contributed by atoms with E-state index in [1.165, 1.54) is 0 Å². The molecule has 1 N–H and O–H groups in total. The van der Waals surface area contributed by atoms with Gasteiger partial charge in [0.05, 0.1) is 11.9 Å². The smallest absolute Gasteiger partial charge is 0.176 e. The summed E-state index contributed by atoms with van der Waals surface area (Å²) >= 11 is 0. The highest BCUT2D eigenvalue weighted by Gasteiger charge is 2.04. The van der Waals surface area contributed by atoms with Gasteiger partial charge in [-0.05, 0) is 13.0 Å². The van der Waals surface area contributed by atoms with Crippen LogP contribution < -0.4 is 5.32 Å². The van der Waals surface area contributed by atoms with E-state index in [1.54, 1.807) is 9.36 Å². The summed E-state index contributed by atoms with van der Waals surface area (Å²) in [7, 11) is 1.88. The first-order valence-electron chi connectivity index (χ1n) is 5.41. The van der Waals surface area contributed by atoms with Crippen LogP contribution in [0, 0.1) is 0 Å². The number of aromatic nitrogens is 5. The van der Waals surface area contributed by atoms with Gasteiger partial charge in [-0.15, -0.1) is 5.10 Å². The summed E-state index contributed by atoms with van der Waals surface area (Å²) < 4.78 is 3.43. The van der Waals surface area contributed by atoms with Gasteiger partial charge in [0.2, 0.25) is 0 Å². The largest absolute Gasteiger partial charge is 0.311 e. The van der Waals surface area contributed by atoms with E-state index in [0.717, 1.165) is 31.0 Å². The van der Waals surface area contributed by atoms with Gasteiger partial charge in [-0.1, -0.05) is 12.1 Å². The Morgan fingerprint density at radius 3 is 3.00 bits per heavy atom. The minimum absolute atomic E-state index is 0.751. The molecule has 0 atom stereocenters. The van der Waals surface area contributed by atoms with Crippen LogP contribution in [0.3, 0.4) is 0 Å². The fraction of sp³-hybridized carbons (Fsp3) is 0.500. The van der Waals surface area contributed by atoms with Gasteiger partial charge < -0.3 is 5.32 Å². The Morgan fingerprint density at radius 2 is 2.31 bits per heavy atom.